The van der Waals surface area contributed by atoms with Crippen molar-refractivity contribution in [3.63, 3.8) is 0 Å². The van der Waals surface area contributed by atoms with Gasteiger partial charge in [-0.05, 0) is 19.1 Å². The van der Waals surface area contributed by atoms with Gasteiger partial charge in [-0.2, -0.15) is 0 Å². The number of aryl methyl sites for hydroxylation is 1. The molecule has 11 heavy (non-hydrogen) atoms. The molecule has 1 rings (SSSR count). The molecule has 0 aliphatic heterocycles. The number of hydrogen-bond donors (Lipinski definition) is 0. The molecule has 0 saturated heterocycles. The van der Waals surface area contributed by atoms with E-state index in [0.717, 1.165) is 0 Å². The van der Waals surface area contributed by atoms with Gasteiger partial charge in [0.2, 0.25) is 0 Å². The molecule has 1 heteroatoms. The molecule has 1 aromatic rings. The van der Waals surface area contributed by atoms with Gasteiger partial charge < -0.3 is 0 Å². The summed E-state index contributed by atoms with van der Waals surface area (Å²) in [5.41, 5.74) is 1.33. The molecule has 0 amide bonds. The monoisotopic (exact) mass is 166 g/mol. The lowest BCUT2D eigenvalue weighted by Gasteiger charge is -2.03. The van der Waals surface area contributed by atoms with E-state index < -0.39 is 0 Å². The summed E-state index contributed by atoms with van der Waals surface area (Å²) in [6, 6.07) is 8.68. The average molecular weight is 166 g/mol. The summed E-state index contributed by atoms with van der Waals surface area (Å²) in [5, 5.41) is 0.678. The fourth-order valence-corrected chi connectivity index (χ4v) is 1.73. The van der Waals surface area contributed by atoms with Crippen molar-refractivity contribution in [2.45, 2.75) is 30.9 Å². The molecule has 0 fully saturated rings. The van der Waals surface area contributed by atoms with Crippen LogP contribution in [0.3, 0.4) is 0 Å². The van der Waals surface area contributed by atoms with Gasteiger partial charge in [0.05, 0.1) is 0 Å². The average Bonchev–Trinajstić information content (AvgIpc) is 1.93. The van der Waals surface area contributed by atoms with Crippen LogP contribution in [0.5, 0.6) is 0 Å². The van der Waals surface area contributed by atoms with Crippen LogP contribution in [-0.2, 0) is 0 Å². The van der Waals surface area contributed by atoms with Crippen molar-refractivity contribution in [1.82, 2.24) is 0 Å². The van der Waals surface area contributed by atoms with Gasteiger partial charge in [-0.1, -0.05) is 31.5 Å². The van der Waals surface area contributed by atoms with E-state index >= 15 is 0 Å². The third-order valence-corrected chi connectivity index (χ3v) is 2.41. The van der Waals surface area contributed by atoms with Gasteiger partial charge >= 0.3 is 0 Å². The molecule has 0 nitrogen and oxygen atoms in total. The van der Waals surface area contributed by atoms with Gasteiger partial charge in [0.25, 0.3) is 0 Å². The molecule has 0 spiro atoms. The largest absolute Gasteiger partial charge is 0.123 e. The Labute approximate surface area is 73.0 Å². The second kappa shape index (κ2) is 3.82. The number of rotatable bonds is 2. The summed E-state index contributed by atoms with van der Waals surface area (Å²) in [6.45, 7) is 6.54. The van der Waals surface area contributed by atoms with E-state index in [9.17, 15) is 0 Å². The molecule has 0 aliphatic carbocycles. The Morgan fingerprint density at radius 1 is 1.09 bits per heavy atom. The summed E-state index contributed by atoms with van der Waals surface area (Å²) >= 11 is 1.91. The Kier molecular flexibility index (Phi) is 3.01. The lowest BCUT2D eigenvalue weighted by molar-refractivity contribution is 1.11. The first-order valence-corrected chi connectivity index (χ1v) is 4.80. The first-order valence-electron chi connectivity index (χ1n) is 3.92. The maximum atomic E-state index is 2.21. The fraction of sp³-hybridized carbons (Fsp3) is 0.400. The van der Waals surface area contributed by atoms with E-state index in [-0.39, 0.29) is 0 Å². The van der Waals surface area contributed by atoms with Gasteiger partial charge in [-0.15, -0.1) is 11.8 Å². The van der Waals surface area contributed by atoms with Gasteiger partial charge in [0.15, 0.2) is 0 Å². The van der Waals surface area contributed by atoms with Gasteiger partial charge in [-0.3, -0.25) is 0 Å². The molecule has 0 bridgehead atoms. The highest BCUT2D eigenvalue weighted by Gasteiger charge is 1.95. The lowest BCUT2D eigenvalue weighted by atomic mass is 10.2. The molecule has 0 saturated carbocycles. The second-order valence-corrected chi connectivity index (χ2v) is 4.63. The van der Waals surface area contributed by atoms with E-state index in [1.54, 1.807) is 0 Å². The zero-order valence-electron chi connectivity index (χ0n) is 7.29. The molecule has 0 aromatic heterocycles. The molecule has 0 heterocycles. The molecule has 0 atom stereocenters. The first-order chi connectivity index (χ1) is 5.18. The van der Waals surface area contributed by atoms with Crippen LogP contribution in [0, 0.1) is 6.92 Å². The number of benzene rings is 1. The molecular formula is C10H14S. The van der Waals surface area contributed by atoms with Crippen molar-refractivity contribution in [2.24, 2.45) is 0 Å². The Bertz CT molecular complexity index is 211. The fourth-order valence-electron chi connectivity index (χ4n) is 0.889. The predicted molar refractivity (Wildman–Crippen MR) is 52.2 cm³/mol. The minimum atomic E-state index is 0.678. The molecule has 0 N–H and O–H groups in total. The number of hydrogen-bond acceptors (Lipinski definition) is 1. The number of thioether (sulfide) groups is 1. The highest BCUT2D eigenvalue weighted by Crippen LogP contribution is 2.22. The van der Waals surface area contributed by atoms with Gasteiger partial charge in [0.1, 0.15) is 0 Å². The topological polar surface area (TPSA) is 0 Å². The summed E-state index contributed by atoms with van der Waals surface area (Å²) in [5.74, 6) is 0. The standard InChI is InChI=1S/C10H14S/c1-8(2)11-10-6-4-9(3)5-7-10/h4-8H,1-3H3. The van der Waals surface area contributed by atoms with Crippen molar-refractivity contribution < 1.29 is 0 Å². The summed E-state index contributed by atoms with van der Waals surface area (Å²) in [7, 11) is 0. The van der Waals surface area contributed by atoms with Crippen molar-refractivity contribution in [3.05, 3.63) is 29.8 Å². The van der Waals surface area contributed by atoms with Gasteiger partial charge in [-0.25, -0.2) is 0 Å². The quantitative estimate of drug-likeness (QED) is 0.606. The normalized spacial score (nSPS) is 10.5. The minimum absolute atomic E-state index is 0.678. The van der Waals surface area contributed by atoms with Crippen LogP contribution < -0.4 is 0 Å². The third kappa shape index (κ3) is 2.98. The van der Waals surface area contributed by atoms with Crippen molar-refractivity contribution in [3.8, 4) is 0 Å². The second-order valence-electron chi connectivity index (χ2n) is 2.98. The SMILES string of the molecule is Cc1ccc(SC(C)C)cc1. The van der Waals surface area contributed by atoms with Crippen molar-refractivity contribution in [1.29, 1.82) is 0 Å². The van der Waals surface area contributed by atoms with Crippen molar-refractivity contribution in [2.75, 3.05) is 0 Å². The molecule has 0 unspecified atom stereocenters. The summed E-state index contributed by atoms with van der Waals surface area (Å²) < 4.78 is 0. The molecular weight excluding hydrogens is 152 g/mol. The first kappa shape index (κ1) is 8.66. The van der Waals surface area contributed by atoms with E-state index in [1.165, 1.54) is 10.5 Å². The maximum absolute atomic E-state index is 2.21. The predicted octanol–water partition coefficient (Wildman–Crippen LogP) is 3.50. The molecule has 1 aromatic carbocycles. The van der Waals surface area contributed by atoms with Crippen LogP contribution >= 0.6 is 11.8 Å². The molecule has 60 valence electrons. The smallest absolute Gasteiger partial charge is 0.00747 e. The zero-order chi connectivity index (χ0) is 8.27. The highest BCUT2D eigenvalue weighted by atomic mass is 32.2. The van der Waals surface area contributed by atoms with Crippen LogP contribution in [0.15, 0.2) is 29.2 Å². The Hall–Kier alpha value is -0.430. The van der Waals surface area contributed by atoms with Crippen LogP contribution in [0.2, 0.25) is 0 Å². The van der Waals surface area contributed by atoms with E-state index in [2.05, 4.69) is 45.0 Å². The van der Waals surface area contributed by atoms with E-state index in [0.29, 0.717) is 5.25 Å². The minimum Gasteiger partial charge on any atom is -0.123 e. The van der Waals surface area contributed by atoms with Crippen LogP contribution in [0.25, 0.3) is 0 Å². The summed E-state index contributed by atoms with van der Waals surface area (Å²) in [6.07, 6.45) is 0. The van der Waals surface area contributed by atoms with Crippen LogP contribution in [0.1, 0.15) is 19.4 Å². The third-order valence-electron chi connectivity index (χ3n) is 1.39. The highest BCUT2D eigenvalue weighted by molar-refractivity contribution is 7.99. The Morgan fingerprint density at radius 2 is 1.64 bits per heavy atom. The van der Waals surface area contributed by atoms with Crippen LogP contribution in [-0.4, -0.2) is 5.25 Å². The Morgan fingerprint density at radius 3 is 2.09 bits per heavy atom. The maximum Gasteiger partial charge on any atom is 0.00747 e. The van der Waals surface area contributed by atoms with Gasteiger partial charge in [0, 0.05) is 10.1 Å². The van der Waals surface area contributed by atoms with E-state index in [1.807, 2.05) is 11.8 Å². The summed E-state index contributed by atoms with van der Waals surface area (Å²) in [4.78, 5) is 1.37. The zero-order valence-corrected chi connectivity index (χ0v) is 8.11. The lowest BCUT2D eigenvalue weighted by Crippen LogP contribution is -1.85. The van der Waals surface area contributed by atoms with Crippen LogP contribution in [0.4, 0.5) is 0 Å². The van der Waals surface area contributed by atoms with E-state index in [4.69, 9.17) is 0 Å². The molecule has 0 aliphatic rings. The van der Waals surface area contributed by atoms with Crippen molar-refractivity contribution >= 4 is 11.8 Å². The Balaban J connectivity index is 2.66. The molecule has 0 radical (unpaired) electrons.